The molecule has 0 radical (unpaired) electrons. The average molecular weight is 287 g/mol. The number of pyridine rings is 1. The maximum absolute atomic E-state index is 5.92. The quantitative estimate of drug-likeness (QED) is 0.607. The van der Waals surface area contributed by atoms with E-state index in [0.29, 0.717) is 6.61 Å². The highest BCUT2D eigenvalue weighted by atomic mass is 16.5. The van der Waals surface area contributed by atoms with E-state index in [1.54, 1.807) is 0 Å². The molecule has 0 aliphatic carbocycles. The van der Waals surface area contributed by atoms with Gasteiger partial charge in [-0.2, -0.15) is 0 Å². The molecule has 1 aromatic heterocycles. The molecule has 1 heterocycles. The number of ether oxygens (including phenoxy) is 1. The van der Waals surface area contributed by atoms with Crippen molar-refractivity contribution in [1.29, 1.82) is 0 Å². The fraction of sp³-hybridized carbons (Fsp3) is 0.471. The normalized spacial score (nSPS) is 15.8. The van der Waals surface area contributed by atoms with Crippen LogP contribution in [0.5, 0.6) is 0 Å². The van der Waals surface area contributed by atoms with E-state index >= 15 is 0 Å². The predicted molar refractivity (Wildman–Crippen MR) is 86.9 cm³/mol. The van der Waals surface area contributed by atoms with Gasteiger partial charge in [-0.25, -0.2) is 0 Å². The molecule has 0 bridgehead atoms. The Morgan fingerprint density at radius 2 is 2.00 bits per heavy atom. The number of aromatic nitrogens is 1. The number of nitrogens with zero attached hydrogens (tertiary/aromatic N) is 1. The van der Waals surface area contributed by atoms with Gasteiger partial charge in [-0.1, -0.05) is 31.2 Å². The van der Waals surface area contributed by atoms with Crippen molar-refractivity contribution in [3.63, 3.8) is 0 Å². The summed E-state index contributed by atoms with van der Waals surface area (Å²) in [7, 11) is 0. The molecule has 0 saturated carbocycles. The van der Waals surface area contributed by atoms with E-state index in [-0.39, 0.29) is 11.6 Å². The van der Waals surface area contributed by atoms with Gasteiger partial charge in [-0.3, -0.25) is 16.3 Å². The second-order valence-electron chi connectivity index (χ2n) is 5.52. The summed E-state index contributed by atoms with van der Waals surface area (Å²) >= 11 is 0. The van der Waals surface area contributed by atoms with Gasteiger partial charge in [0, 0.05) is 24.1 Å². The van der Waals surface area contributed by atoms with Crippen LogP contribution in [0.4, 0.5) is 0 Å². The smallest absolute Gasteiger partial charge is 0.0821 e. The molecule has 2 atom stereocenters. The van der Waals surface area contributed by atoms with Crippen molar-refractivity contribution in [2.45, 2.75) is 45.3 Å². The first kappa shape index (κ1) is 15.9. The predicted octanol–water partition coefficient (Wildman–Crippen LogP) is 2.81. The highest BCUT2D eigenvalue weighted by Gasteiger charge is 2.33. The Labute approximate surface area is 126 Å². The molecule has 2 unspecified atom stereocenters. The van der Waals surface area contributed by atoms with Gasteiger partial charge in [0.25, 0.3) is 0 Å². The number of nitrogens with one attached hydrogen (secondary N) is 1. The minimum Gasteiger partial charge on any atom is -0.374 e. The fourth-order valence-electron chi connectivity index (χ4n) is 2.66. The second-order valence-corrected chi connectivity index (χ2v) is 5.52. The molecule has 114 valence electrons. The first-order valence-corrected chi connectivity index (χ1v) is 7.57. The van der Waals surface area contributed by atoms with Crippen LogP contribution in [0.25, 0.3) is 10.9 Å². The lowest BCUT2D eigenvalue weighted by atomic mass is 9.90. The third-order valence-electron chi connectivity index (χ3n) is 4.18. The third kappa shape index (κ3) is 3.59. The summed E-state index contributed by atoms with van der Waals surface area (Å²) in [4.78, 5) is 4.72. The van der Waals surface area contributed by atoms with Crippen molar-refractivity contribution < 1.29 is 4.74 Å². The third-order valence-corrected chi connectivity index (χ3v) is 4.18. The number of para-hydroxylation sites is 1. The molecular weight excluding hydrogens is 262 g/mol. The molecule has 0 spiro atoms. The number of fused-ring (bicyclic) bond motifs is 1. The van der Waals surface area contributed by atoms with E-state index in [1.165, 1.54) is 0 Å². The topological polar surface area (TPSA) is 60.2 Å². The van der Waals surface area contributed by atoms with Crippen molar-refractivity contribution in [3.05, 3.63) is 42.1 Å². The average Bonchev–Trinajstić information content (AvgIpc) is 2.52. The van der Waals surface area contributed by atoms with Crippen molar-refractivity contribution in [1.82, 2.24) is 10.4 Å². The number of hydrogen-bond donors (Lipinski definition) is 2. The van der Waals surface area contributed by atoms with Gasteiger partial charge >= 0.3 is 0 Å². The van der Waals surface area contributed by atoms with Crippen molar-refractivity contribution in [3.8, 4) is 0 Å². The number of benzene rings is 1. The molecule has 2 rings (SSSR count). The maximum Gasteiger partial charge on any atom is 0.0821 e. The van der Waals surface area contributed by atoms with Crippen molar-refractivity contribution >= 4 is 10.9 Å². The molecular formula is C17H25N3O. The van der Waals surface area contributed by atoms with Gasteiger partial charge in [0.2, 0.25) is 0 Å². The van der Waals surface area contributed by atoms with Crippen LogP contribution >= 0.6 is 0 Å². The molecule has 0 aliphatic rings. The summed E-state index contributed by atoms with van der Waals surface area (Å²) in [6, 6.07) is 12.3. The van der Waals surface area contributed by atoms with Crippen molar-refractivity contribution in [2.75, 3.05) is 6.61 Å². The van der Waals surface area contributed by atoms with Gasteiger partial charge in [0.1, 0.15) is 0 Å². The van der Waals surface area contributed by atoms with Crippen LogP contribution in [0.2, 0.25) is 0 Å². The molecule has 0 fully saturated rings. The van der Waals surface area contributed by atoms with Crippen LogP contribution in [0.15, 0.2) is 36.4 Å². The molecule has 2 aromatic rings. The number of hydrazine groups is 1. The molecule has 1 aromatic carbocycles. The Morgan fingerprint density at radius 3 is 2.67 bits per heavy atom. The van der Waals surface area contributed by atoms with Crippen molar-refractivity contribution in [2.24, 2.45) is 5.84 Å². The zero-order valence-corrected chi connectivity index (χ0v) is 13.1. The lowest BCUT2D eigenvalue weighted by Crippen LogP contribution is -2.54. The van der Waals surface area contributed by atoms with E-state index < -0.39 is 0 Å². The highest BCUT2D eigenvalue weighted by Crippen LogP contribution is 2.23. The highest BCUT2D eigenvalue weighted by molar-refractivity contribution is 5.78. The van der Waals surface area contributed by atoms with E-state index in [0.717, 1.165) is 29.4 Å². The number of nitrogens with two attached hydrogens (primary N) is 1. The molecule has 21 heavy (non-hydrogen) atoms. The van der Waals surface area contributed by atoms with Gasteiger partial charge in [-0.05, 0) is 32.4 Å². The summed E-state index contributed by atoms with van der Waals surface area (Å²) < 4.78 is 5.92. The maximum atomic E-state index is 5.92. The van der Waals surface area contributed by atoms with E-state index in [4.69, 9.17) is 15.6 Å². The first-order chi connectivity index (χ1) is 10.1. The van der Waals surface area contributed by atoms with Crippen LogP contribution in [-0.4, -0.2) is 23.2 Å². The standard InChI is InChI=1S/C17H25N3O/c1-4-17(3,21-5-2)16(20-18)12-14-11-10-13-8-6-7-9-15(13)19-14/h6-11,16,20H,4-5,12,18H2,1-3H3. The molecule has 0 saturated heterocycles. The van der Waals surface area contributed by atoms with Crippen LogP contribution in [0.1, 0.15) is 32.9 Å². The largest absolute Gasteiger partial charge is 0.374 e. The lowest BCUT2D eigenvalue weighted by molar-refractivity contribution is -0.0552. The van der Waals surface area contributed by atoms with E-state index in [1.807, 2.05) is 25.1 Å². The van der Waals surface area contributed by atoms with Crippen LogP contribution < -0.4 is 11.3 Å². The molecule has 0 amide bonds. The molecule has 4 nitrogen and oxygen atoms in total. The summed E-state index contributed by atoms with van der Waals surface area (Å²) in [5, 5.41) is 1.15. The van der Waals surface area contributed by atoms with Gasteiger partial charge < -0.3 is 4.74 Å². The van der Waals surface area contributed by atoms with Crippen LogP contribution in [0, 0.1) is 0 Å². The van der Waals surface area contributed by atoms with Gasteiger partial charge in [-0.15, -0.1) is 0 Å². The Balaban J connectivity index is 2.23. The zero-order valence-electron chi connectivity index (χ0n) is 13.1. The monoisotopic (exact) mass is 287 g/mol. The number of hydrogen-bond acceptors (Lipinski definition) is 4. The summed E-state index contributed by atoms with van der Waals surface area (Å²) in [5.41, 5.74) is 4.65. The minimum atomic E-state index is -0.295. The van der Waals surface area contributed by atoms with E-state index in [9.17, 15) is 0 Å². The Hall–Kier alpha value is -1.49. The number of rotatable bonds is 7. The lowest BCUT2D eigenvalue weighted by Gasteiger charge is -2.36. The summed E-state index contributed by atoms with van der Waals surface area (Å²) in [6.45, 7) is 6.90. The Kier molecular flexibility index (Phi) is 5.28. The summed E-state index contributed by atoms with van der Waals surface area (Å²) in [5.74, 6) is 5.77. The van der Waals surface area contributed by atoms with Gasteiger partial charge in [0.05, 0.1) is 17.2 Å². The zero-order chi connectivity index (χ0) is 15.3. The molecule has 3 N–H and O–H groups in total. The summed E-state index contributed by atoms with van der Waals surface area (Å²) in [6.07, 6.45) is 1.63. The van der Waals surface area contributed by atoms with E-state index in [2.05, 4.69) is 37.5 Å². The Morgan fingerprint density at radius 1 is 1.24 bits per heavy atom. The first-order valence-electron chi connectivity index (χ1n) is 7.57. The second kappa shape index (κ2) is 6.98. The molecule has 4 heteroatoms. The van der Waals surface area contributed by atoms with Gasteiger partial charge in [0.15, 0.2) is 0 Å². The minimum absolute atomic E-state index is 0.0242. The fourth-order valence-corrected chi connectivity index (χ4v) is 2.66. The molecule has 0 aliphatic heterocycles. The van der Waals surface area contributed by atoms with Crippen LogP contribution in [-0.2, 0) is 11.2 Å². The Bertz CT molecular complexity index is 587. The van der Waals surface area contributed by atoms with Crippen LogP contribution in [0.3, 0.4) is 0 Å². The SMILES string of the molecule is CCOC(C)(CC)C(Cc1ccc2ccccc2n1)NN.